The van der Waals surface area contributed by atoms with E-state index in [-0.39, 0.29) is 76.4 Å². The summed E-state index contributed by atoms with van der Waals surface area (Å²) in [6, 6.07) is 16.0. The van der Waals surface area contributed by atoms with Crippen LogP contribution in [0.25, 0.3) is 22.3 Å². The molecule has 0 radical (unpaired) electrons. The van der Waals surface area contributed by atoms with Crippen molar-refractivity contribution in [2.24, 2.45) is 5.41 Å². The van der Waals surface area contributed by atoms with Gasteiger partial charge in [0.2, 0.25) is 5.88 Å². The Kier molecular flexibility index (Phi) is 9.53. The molecule has 0 spiro atoms. The van der Waals surface area contributed by atoms with Gasteiger partial charge in [-0.25, -0.2) is 27.9 Å². The molecule has 0 N–H and O–H groups in total. The van der Waals surface area contributed by atoms with Crippen molar-refractivity contribution in [3.8, 4) is 17.1 Å². The number of hydrogen-bond acceptors (Lipinski definition) is 8. The summed E-state index contributed by atoms with van der Waals surface area (Å²) in [5, 5.41) is 0.254. The van der Waals surface area contributed by atoms with Gasteiger partial charge in [0.1, 0.15) is 41.4 Å². The number of imidazole rings is 1. The summed E-state index contributed by atoms with van der Waals surface area (Å²) in [6.07, 6.45) is 0.227. The molecule has 1 saturated heterocycles. The minimum absolute atomic E-state index is 0.0460. The van der Waals surface area contributed by atoms with Crippen LogP contribution < -0.4 is 10.6 Å². The Bertz CT molecular complexity index is 2380. The Morgan fingerprint density at radius 1 is 0.981 bits per heavy atom. The lowest BCUT2D eigenvalue weighted by atomic mass is 9.87. The smallest absolute Gasteiger partial charge is 0.473 e. The number of aromatic nitrogens is 3. The lowest BCUT2D eigenvalue weighted by Gasteiger charge is -2.28. The molecule has 0 bridgehead atoms. The van der Waals surface area contributed by atoms with E-state index in [2.05, 4.69) is 18.8 Å². The Labute approximate surface area is 301 Å². The number of pyridine rings is 1. The number of carbonyl (C=O) groups is 1. The number of hydrogen-bond donors (Lipinski definition) is 0. The molecule has 0 unspecified atom stereocenters. The predicted molar refractivity (Wildman–Crippen MR) is 186 cm³/mol. The van der Waals surface area contributed by atoms with Gasteiger partial charge in [-0.3, -0.25) is 4.79 Å². The molecule has 52 heavy (non-hydrogen) atoms. The molecule has 1 aliphatic heterocycles. The lowest BCUT2D eigenvalue weighted by Crippen LogP contribution is -2.27. The molecule has 1 aliphatic rings. The largest absolute Gasteiger partial charge is 0.519 e. The average Bonchev–Trinajstić information content (AvgIpc) is 3.75. The number of fused-ring (bicyclic) bond motifs is 1. The van der Waals surface area contributed by atoms with Crippen LogP contribution in [0.5, 0.6) is 5.88 Å². The van der Waals surface area contributed by atoms with Gasteiger partial charge in [0.25, 0.3) is 0 Å². The first-order chi connectivity index (χ1) is 24.9. The lowest BCUT2D eigenvalue weighted by molar-refractivity contribution is 0.0980. The van der Waals surface area contributed by atoms with Crippen LogP contribution in [-0.2, 0) is 24.2 Å². The number of benzene rings is 3. The summed E-state index contributed by atoms with van der Waals surface area (Å²) in [5.41, 5.74) is 1.75. The third kappa shape index (κ3) is 7.13. The first-order valence-corrected chi connectivity index (χ1v) is 17.0. The van der Waals surface area contributed by atoms with Gasteiger partial charge in [-0.2, -0.15) is 0 Å². The summed E-state index contributed by atoms with van der Waals surface area (Å²) in [7, 11) is 0. The van der Waals surface area contributed by atoms with E-state index in [1.54, 1.807) is 37.3 Å². The van der Waals surface area contributed by atoms with Gasteiger partial charge in [-0.15, -0.1) is 0 Å². The first kappa shape index (κ1) is 35.2. The molecule has 0 saturated carbocycles. The Morgan fingerprint density at radius 2 is 1.79 bits per heavy atom. The maximum Gasteiger partial charge on any atom is 0.519 e. The van der Waals surface area contributed by atoms with Crippen LogP contribution in [0.1, 0.15) is 65.1 Å². The molecule has 3 aromatic heterocycles. The third-order valence-electron chi connectivity index (χ3n) is 9.34. The van der Waals surface area contributed by atoms with Crippen LogP contribution >= 0.6 is 11.6 Å². The number of rotatable bonds is 11. The first-order valence-electron chi connectivity index (χ1n) is 16.6. The zero-order valence-corrected chi connectivity index (χ0v) is 29.2. The molecule has 1 atom stereocenters. The molecule has 13 heteroatoms. The van der Waals surface area contributed by atoms with Crippen molar-refractivity contribution >= 4 is 28.4 Å². The number of ketones is 1. The van der Waals surface area contributed by atoms with E-state index in [1.165, 1.54) is 24.3 Å². The van der Waals surface area contributed by atoms with E-state index >= 15 is 8.78 Å². The van der Waals surface area contributed by atoms with E-state index in [1.807, 2.05) is 4.57 Å². The van der Waals surface area contributed by atoms with Gasteiger partial charge < -0.3 is 22.9 Å². The van der Waals surface area contributed by atoms with E-state index in [0.29, 0.717) is 47.2 Å². The maximum atomic E-state index is 15.9. The number of aryl methyl sites for hydroxylation is 2. The highest BCUT2D eigenvalue weighted by Gasteiger charge is 2.39. The summed E-state index contributed by atoms with van der Waals surface area (Å²) in [4.78, 5) is 33.9. The van der Waals surface area contributed by atoms with Crippen molar-refractivity contribution in [2.45, 2.75) is 52.7 Å². The summed E-state index contributed by atoms with van der Waals surface area (Å²) in [5.74, 6) is -1.65. The molecule has 3 aromatic carbocycles. The second-order valence-electron chi connectivity index (χ2n) is 13.5. The van der Waals surface area contributed by atoms with Crippen molar-refractivity contribution in [1.29, 1.82) is 0 Å². The summed E-state index contributed by atoms with van der Waals surface area (Å²) >= 11 is 5.83. The normalized spacial score (nSPS) is 15.4. The number of ether oxygens (including phenoxy) is 2. The van der Waals surface area contributed by atoms with Crippen LogP contribution in [0.15, 0.2) is 80.4 Å². The monoisotopic (exact) mass is 731 g/mol. The van der Waals surface area contributed by atoms with E-state index < -0.39 is 23.3 Å². The fraction of sp³-hybridized carbons (Fsp3) is 0.282. The van der Waals surface area contributed by atoms with Crippen LogP contribution in [0, 0.1) is 29.8 Å². The highest BCUT2D eigenvalue weighted by atomic mass is 35.5. The van der Waals surface area contributed by atoms with Crippen molar-refractivity contribution < 1.29 is 36.3 Å². The van der Waals surface area contributed by atoms with Crippen LogP contribution in [0.3, 0.4) is 0 Å². The molecule has 7 rings (SSSR count). The summed E-state index contributed by atoms with van der Waals surface area (Å²) < 4.78 is 69.3. The predicted octanol–water partition coefficient (Wildman–Crippen LogP) is 8.61. The Balaban J connectivity index is 1.17. The van der Waals surface area contributed by atoms with Crippen molar-refractivity contribution in [1.82, 2.24) is 14.5 Å². The van der Waals surface area contributed by atoms with Crippen LogP contribution in [-0.4, -0.2) is 33.5 Å². The van der Waals surface area contributed by atoms with Gasteiger partial charge in [0.15, 0.2) is 5.78 Å². The second-order valence-corrected chi connectivity index (χ2v) is 13.9. The molecule has 1 fully saturated rings. The minimum Gasteiger partial charge on any atom is -0.473 e. The zero-order valence-electron chi connectivity index (χ0n) is 28.5. The molecule has 4 heterocycles. The Hall–Kier alpha value is -5.20. The Morgan fingerprint density at radius 3 is 2.52 bits per heavy atom. The van der Waals surface area contributed by atoms with E-state index in [4.69, 9.17) is 34.9 Å². The van der Waals surface area contributed by atoms with Gasteiger partial charge >= 0.3 is 5.82 Å². The van der Waals surface area contributed by atoms with Crippen molar-refractivity contribution in [2.75, 3.05) is 13.2 Å². The maximum absolute atomic E-state index is 15.9. The molecule has 0 amide bonds. The van der Waals surface area contributed by atoms with E-state index in [0.717, 1.165) is 12.1 Å². The van der Waals surface area contributed by atoms with Crippen LogP contribution in [0.2, 0.25) is 5.02 Å². The summed E-state index contributed by atoms with van der Waals surface area (Å²) in [6.45, 7) is 6.42. The molecule has 0 aliphatic carbocycles. The zero-order chi connectivity index (χ0) is 36.7. The van der Waals surface area contributed by atoms with E-state index in [9.17, 15) is 14.0 Å². The van der Waals surface area contributed by atoms with Gasteiger partial charge in [0, 0.05) is 52.5 Å². The molecule has 9 nitrogen and oxygen atoms in total. The van der Waals surface area contributed by atoms with Gasteiger partial charge in [-0.1, -0.05) is 37.6 Å². The minimum atomic E-state index is -0.814. The highest BCUT2D eigenvalue weighted by Crippen LogP contribution is 2.41. The molecule has 6 aromatic rings. The van der Waals surface area contributed by atoms with Gasteiger partial charge in [0.05, 0.1) is 36.0 Å². The number of nitrogens with zero attached hydrogens (tertiary/aromatic N) is 3. The highest BCUT2D eigenvalue weighted by molar-refractivity contribution is 6.30. The quantitative estimate of drug-likeness (QED) is 0.122. The average molecular weight is 732 g/mol. The number of halogens is 4. The number of carbonyl (C=O) groups excluding carboxylic acids is 1. The SMILES string of the molecule is Cc1oc(=O)oc1CCC(=O)c1ccc2nc(Cc3cc(F)c(-c4cccc(OCc5ccc(Cl)cc5F)n4)cc3F)n([C@@H]3COCC3(C)C)c2c1. The van der Waals surface area contributed by atoms with Crippen molar-refractivity contribution in [3.63, 3.8) is 0 Å². The standard InChI is InChI=1S/C39H33ClF3N3O6/c1-21-34(52-38(48)51-21)12-11-33(47)22-8-10-31-32(14-22)46(35-19-49-20-39(35,2)3)36(44-31)15-24-13-29(43)26(17-28(24)42)30-5-4-6-37(45-30)50-18-23-7-9-25(40)16-27(23)41/h4-10,13-14,16-17,35H,11-12,15,18-20H2,1-3H3/t35-/m1/s1. The topological polar surface area (TPSA) is 110 Å². The molecular formula is C39H33ClF3N3O6. The van der Waals surface area contributed by atoms with Crippen molar-refractivity contribution in [3.05, 3.63) is 134 Å². The van der Waals surface area contributed by atoms with Gasteiger partial charge in [-0.05, 0) is 61.0 Å². The molecular weight excluding hydrogens is 699 g/mol. The third-order valence-corrected chi connectivity index (χ3v) is 9.57. The number of Topliss-reactive ketones (excluding diaryl/α,β-unsaturated/α-hetero) is 1. The van der Waals surface area contributed by atoms with Crippen LogP contribution in [0.4, 0.5) is 13.2 Å². The fourth-order valence-corrected chi connectivity index (χ4v) is 6.63. The second kappa shape index (κ2) is 14.1. The molecule has 268 valence electrons. The fourth-order valence-electron chi connectivity index (χ4n) is 6.47.